The van der Waals surface area contributed by atoms with Gasteiger partial charge in [0.2, 0.25) is 11.9 Å². The van der Waals surface area contributed by atoms with Gasteiger partial charge < -0.3 is 9.80 Å². The van der Waals surface area contributed by atoms with Crippen LogP contribution in [0.15, 0.2) is 12.4 Å². The zero-order valence-corrected chi connectivity index (χ0v) is 10.7. The van der Waals surface area contributed by atoms with Crippen molar-refractivity contribution in [3.63, 3.8) is 0 Å². The maximum absolute atomic E-state index is 4.35. The summed E-state index contributed by atoms with van der Waals surface area (Å²) in [7, 11) is 7.41. The number of hydrogen-bond donors (Lipinski definition) is 0. The van der Waals surface area contributed by atoms with Gasteiger partial charge in [-0.05, 0) is 0 Å². The van der Waals surface area contributed by atoms with Crippen molar-refractivity contribution in [2.45, 2.75) is 0 Å². The van der Waals surface area contributed by atoms with Crippen molar-refractivity contribution in [1.82, 2.24) is 30.4 Å². The second-order valence-corrected chi connectivity index (χ2v) is 4.07. The van der Waals surface area contributed by atoms with Gasteiger partial charge in [0.15, 0.2) is 0 Å². The molecule has 0 N–H and O–H groups in total. The van der Waals surface area contributed by atoms with Crippen molar-refractivity contribution in [2.75, 3.05) is 38.0 Å². The second kappa shape index (κ2) is 4.86. The van der Waals surface area contributed by atoms with Gasteiger partial charge in [-0.1, -0.05) is 0 Å². The molecule has 2 aromatic rings. The quantitative estimate of drug-likeness (QED) is 0.739. The van der Waals surface area contributed by atoms with E-state index in [2.05, 4.69) is 30.4 Å². The highest BCUT2D eigenvalue weighted by Gasteiger charge is 2.09. The van der Waals surface area contributed by atoms with Gasteiger partial charge in [0, 0.05) is 28.2 Å². The van der Waals surface area contributed by atoms with E-state index in [1.165, 1.54) is 0 Å². The molecule has 0 aliphatic carbocycles. The summed E-state index contributed by atoms with van der Waals surface area (Å²) < 4.78 is 0. The standard InChI is InChI=1S/C10H14N8/c1-17(2)9-13-7(5-11-15-9)8-6-12-16-10(14-8)18(3)4/h5-6H,1-4H3. The summed E-state index contributed by atoms with van der Waals surface area (Å²) in [6.45, 7) is 0. The minimum Gasteiger partial charge on any atom is -0.346 e. The first kappa shape index (κ1) is 12.1. The fourth-order valence-corrected chi connectivity index (χ4v) is 1.21. The molecule has 0 saturated heterocycles. The van der Waals surface area contributed by atoms with Gasteiger partial charge in [-0.3, -0.25) is 0 Å². The zero-order valence-electron chi connectivity index (χ0n) is 10.7. The molecule has 0 unspecified atom stereocenters. The molecule has 0 amide bonds. The molecule has 0 atom stereocenters. The molecule has 2 aromatic heterocycles. The molecule has 2 heterocycles. The van der Waals surface area contributed by atoms with Gasteiger partial charge >= 0.3 is 0 Å². The topological polar surface area (TPSA) is 83.8 Å². The smallest absolute Gasteiger partial charge is 0.245 e. The predicted molar refractivity (Wildman–Crippen MR) is 67.3 cm³/mol. The molecule has 94 valence electrons. The summed E-state index contributed by atoms with van der Waals surface area (Å²) in [4.78, 5) is 12.2. The van der Waals surface area contributed by atoms with E-state index in [4.69, 9.17) is 0 Å². The van der Waals surface area contributed by atoms with E-state index < -0.39 is 0 Å². The first-order chi connectivity index (χ1) is 8.58. The number of nitrogens with zero attached hydrogens (tertiary/aromatic N) is 8. The number of anilines is 2. The average molecular weight is 246 g/mol. The Morgan fingerprint density at radius 2 is 1.11 bits per heavy atom. The molecule has 0 saturated carbocycles. The van der Waals surface area contributed by atoms with E-state index in [1.807, 2.05) is 28.2 Å². The molecule has 0 aromatic carbocycles. The lowest BCUT2D eigenvalue weighted by molar-refractivity contribution is 0.888. The molecule has 0 bridgehead atoms. The Balaban J connectivity index is 2.42. The lowest BCUT2D eigenvalue weighted by Crippen LogP contribution is -2.15. The third-order valence-electron chi connectivity index (χ3n) is 2.16. The molecule has 8 nitrogen and oxygen atoms in total. The molecule has 2 rings (SSSR count). The van der Waals surface area contributed by atoms with Gasteiger partial charge in [-0.15, -0.1) is 10.2 Å². The van der Waals surface area contributed by atoms with Gasteiger partial charge in [-0.25, -0.2) is 9.97 Å². The van der Waals surface area contributed by atoms with Gasteiger partial charge in [0.05, 0.1) is 12.4 Å². The Morgan fingerprint density at radius 1 is 0.722 bits per heavy atom. The summed E-state index contributed by atoms with van der Waals surface area (Å²) in [5.74, 6) is 1.05. The van der Waals surface area contributed by atoms with Crippen LogP contribution in [-0.2, 0) is 0 Å². The molecule has 0 fully saturated rings. The largest absolute Gasteiger partial charge is 0.346 e. The highest BCUT2D eigenvalue weighted by atomic mass is 15.3. The molecule has 8 heteroatoms. The monoisotopic (exact) mass is 246 g/mol. The number of rotatable bonds is 3. The van der Waals surface area contributed by atoms with Crippen LogP contribution < -0.4 is 9.80 Å². The normalized spacial score (nSPS) is 10.2. The molecular weight excluding hydrogens is 232 g/mol. The number of hydrogen-bond acceptors (Lipinski definition) is 8. The SMILES string of the molecule is CN(C)c1nncc(-c2cnnc(N(C)C)n2)n1. The summed E-state index contributed by atoms with van der Waals surface area (Å²) in [6.07, 6.45) is 3.10. The average Bonchev–Trinajstić information content (AvgIpc) is 2.39. The van der Waals surface area contributed by atoms with Gasteiger partial charge in [0.1, 0.15) is 11.4 Å². The Labute approximate surface area is 105 Å². The van der Waals surface area contributed by atoms with Crippen LogP contribution in [0.3, 0.4) is 0 Å². The first-order valence-corrected chi connectivity index (χ1v) is 5.32. The molecule has 18 heavy (non-hydrogen) atoms. The summed E-state index contributed by atoms with van der Waals surface area (Å²) in [6, 6.07) is 0. The van der Waals surface area contributed by atoms with Crippen LogP contribution in [0.4, 0.5) is 11.9 Å². The lowest BCUT2D eigenvalue weighted by atomic mass is 10.3. The van der Waals surface area contributed by atoms with Gasteiger partial charge in [-0.2, -0.15) is 10.2 Å². The fraction of sp³-hybridized carbons (Fsp3) is 0.400. The fourth-order valence-electron chi connectivity index (χ4n) is 1.21. The lowest BCUT2D eigenvalue weighted by Gasteiger charge is -2.11. The van der Waals surface area contributed by atoms with Crippen LogP contribution in [0.1, 0.15) is 0 Å². The zero-order chi connectivity index (χ0) is 13.1. The third-order valence-corrected chi connectivity index (χ3v) is 2.16. The Morgan fingerprint density at radius 3 is 1.44 bits per heavy atom. The maximum Gasteiger partial charge on any atom is 0.245 e. The van der Waals surface area contributed by atoms with E-state index in [1.54, 1.807) is 22.2 Å². The first-order valence-electron chi connectivity index (χ1n) is 5.32. The Hall–Kier alpha value is -2.38. The Kier molecular flexibility index (Phi) is 3.26. The number of aromatic nitrogens is 6. The van der Waals surface area contributed by atoms with Crippen molar-refractivity contribution < 1.29 is 0 Å². The maximum atomic E-state index is 4.35. The third kappa shape index (κ3) is 2.47. The van der Waals surface area contributed by atoms with E-state index in [9.17, 15) is 0 Å². The summed E-state index contributed by atoms with van der Waals surface area (Å²) in [5.41, 5.74) is 1.23. The molecular formula is C10H14N8. The molecule has 0 spiro atoms. The van der Waals surface area contributed by atoms with E-state index in [-0.39, 0.29) is 0 Å². The van der Waals surface area contributed by atoms with Crippen LogP contribution in [-0.4, -0.2) is 58.6 Å². The van der Waals surface area contributed by atoms with Crippen molar-refractivity contribution >= 4 is 11.9 Å². The minimum atomic E-state index is 0.525. The van der Waals surface area contributed by atoms with Crippen molar-refractivity contribution in [2.24, 2.45) is 0 Å². The van der Waals surface area contributed by atoms with Crippen LogP contribution in [0.2, 0.25) is 0 Å². The minimum absolute atomic E-state index is 0.525. The molecule has 0 aliphatic heterocycles. The highest BCUT2D eigenvalue weighted by Crippen LogP contribution is 2.15. The summed E-state index contributed by atoms with van der Waals surface area (Å²) >= 11 is 0. The van der Waals surface area contributed by atoms with E-state index in [0.717, 1.165) is 0 Å². The Bertz CT molecular complexity index is 489. The molecule has 0 aliphatic rings. The van der Waals surface area contributed by atoms with Crippen molar-refractivity contribution in [3.8, 4) is 11.4 Å². The van der Waals surface area contributed by atoms with Gasteiger partial charge in [0.25, 0.3) is 0 Å². The van der Waals surface area contributed by atoms with Crippen LogP contribution in [0.25, 0.3) is 11.4 Å². The van der Waals surface area contributed by atoms with Crippen LogP contribution in [0, 0.1) is 0 Å². The highest BCUT2D eigenvalue weighted by molar-refractivity contribution is 5.54. The van der Waals surface area contributed by atoms with Crippen LogP contribution in [0.5, 0.6) is 0 Å². The van der Waals surface area contributed by atoms with Crippen molar-refractivity contribution in [1.29, 1.82) is 0 Å². The predicted octanol–water partition coefficient (Wildman–Crippen LogP) is -0.144. The van der Waals surface area contributed by atoms with E-state index in [0.29, 0.717) is 23.3 Å². The molecule has 0 radical (unpaired) electrons. The second-order valence-electron chi connectivity index (χ2n) is 4.07. The van der Waals surface area contributed by atoms with Crippen molar-refractivity contribution in [3.05, 3.63) is 12.4 Å². The summed E-state index contributed by atoms with van der Waals surface area (Å²) in [5, 5.41) is 15.6. The van der Waals surface area contributed by atoms with E-state index >= 15 is 0 Å². The van der Waals surface area contributed by atoms with Crippen LogP contribution >= 0.6 is 0 Å².